The summed E-state index contributed by atoms with van der Waals surface area (Å²) in [4.78, 5) is 257. The second-order valence-electron chi connectivity index (χ2n) is 35.1. The highest BCUT2D eigenvalue weighted by Gasteiger charge is 2.47. The predicted molar refractivity (Wildman–Crippen MR) is 481 cm³/mol. The van der Waals surface area contributed by atoms with E-state index in [1.807, 2.05) is 46.8 Å². The Hall–Kier alpha value is -12.4. The number of nitrogens with zero attached hydrogens (tertiary/aromatic N) is 6. The van der Waals surface area contributed by atoms with Crippen molar-refractivity contribution < 1.29 is 96.8 Å². The molecule has 6 heterocycles. The average Bonchev–Trinajstić information content (AvgIpc) is 1.66. The monoisotopic (exact) mass is 1820 g/mol. The van der Waals surface area contributed by atoms with Crippen LogP contribution in [0, 0.1) is 12.8 Å². The van der Waals surface area contributed by atoms with Gasteiger partial charge in [-0.15, -0.1) is 0 Å². The zero-order valence-electron chi connectivity index (χ0n) is 75.6. The zero-order chi connectivity index (χ0) is 95.6. The van der Waals surface area contributed by atoms with Crippen LogP contribution >= 0.6 is 0 Å². The molecule has 4 aliphatic rings. The van der Waals surface area contributed by atoms with Crippen molar-refractivity contribution in [2.75, 3.05) is 53.4 Å². The second kappa shape index (κ2) is 48.5. The van der Waals surface area contributed by atoms with Gasteiger partial charge in [-0.3, -0.25) is 81.5 Å². The van der Waals surface area contributed by atoms with Gasteiger partial charge in [0.15, 0.2) is 0 Å². The molecule has 40 nitrogen and oxygen atoms in total. The Morgan fingerprint density at radius 2 is 1.05 bits per heavy atom. The smallest absolute Gasteiger partial charge is 0.323 e. The molecule has 2 aromatic heterocycles. The maximum Gasteiger partial charge on any atom is 0.323 e. The first-order chi connectivity index (χ1) is 62.4. The Morgan fingerprint density at radius 3 is 1.69 bits per heavy atom. The summed E-state index contributed by atoms with van der Waals surface area (Å²) in [7, 11) is 2.79. The average molecular weight is 1820 g/mol. The first kappa shape index (κ1) is 102. The Labute approximate surface area is 760 Å². The van der Waals surface area contributed by atoms with Crippen molar-refractivity contribution in [3.05, 3.63) is 107 Å². The molecule has 9 rings (SSSR count). The molecule has 0 bridgehead atoms. The normalized spacial score (nSPS) is 25.8. The lowest BCUT2D eigenvalue weighted by Gasteiger charge is -2.38. The van der Waals surface area contributed by atoms with Crippen molar-refractivity contribution >= 4 is 122 Å². The number of benzene rings is 3. The number of aliphatic hydroxyl groups is 1. The number of fused-ring (bicyclic) bond motifs is 5. The highest BCUT2D eigenvalue weighted by atomic mass is 16.4. The Balaban J connectivity index is 1.09. The second-order valence-corrected chi connectivity index (χ2v) is 35.1. The van der Waals surface area contributed by atoms with Crippen LogP contribution in [0.15, 0.2) is 85.2 Å². The van der Waals surface area contributed by atoms with Crippen molar-refractivity contribution in [3.63, 3.8) is 0 Å². The van der Waals surface area contributed by atoms with Crippen molar-refractivity contribution in [1.29, 1.82) is 0 Å². The molecule has 131 heavy (non-hydrogen) atoms. The number of hydrogen-bond donors (Lipinski definition) is 17. The number of aromatic nitrogens is 2. The number of aliphatic carboxylic acids is 2. The number of carboxylic acids is 2. The third-order valence-corrected chi connectivity index (χ3v) is 24.7. The van der Waals surface area contributed by atoms with E-state index < -0.39 is 237 Å². The molecule has 15 amide bonds. The Bertz CT molecular complexity index is 4920. The predicted octanol–water partition coefficient (Wildman–Crippen LogP) is -0.879. The summed E-state index contributed by atoms with van der Waals surface area (Å²) in [6.07, 6.45) is 1.19. The van der Waals surface area contributed by atoms with Crippen molar-refractivity contribution in [3.8, 4) is 0 Å². The van der Waals surface area contributed by atoms with E-state index in [0.717, 1.165) is 15.4 Å². The largest absolute Gasteiger partial charge is 0.481 e. The van der Waals surface area contributed by atoms with Crippen LogP contribution in [-0.2, 0) is 107 Å². The van der Waals surface area contributed by atoms with Crippen LogP contribution in [0.3, 0.4) is 0 Å². The number of carbonyl (C=O) groups is 17. The van der Waals surface area contributed by atoms with Crippen molar-refractivity contribution in [2.45, 2.75) is 273 Å². The number of unbranched alkanes of at least 4 members (excludes halogenated alkanes) is 2. The van der Waals surface area contributed by atoms with Crippen molar-refractivity contribution in [2.24, 2.45) is 28.9 Å². The number of carboxylic acid groups (broad SMARTS) is 2. The molecule has 0 aliphatic carbocycles. The summed E-state index contributed by atoms with van der Waals surface area (Å²) >= 11 is 0. The number of nitrogens with two attached hydrogens (primary N) is 4. The third kappa shape index (κ3) is 27.6. The van der Waals surface area contributed by atoms with E-state index in [0.29, 0.717) is 77.0 Å². The summed E-state index contributed by atoms with van der Waals surface area (Å²) in [6.45, 7) is 7.12. The van der Waals surface area contributed by atoms with E-state index in [2.05, 4.69) is 52.8 Å². The van der Waals surface area contributed by atoms with Gasteiger partial charge in [0.1, 0.15) is 85.1 Å². The van der Waals surface area contributed by atoms with E-state index >= 15 is 38.4 Å². The van der Waals surface area contributed by atoms with Gasteiger partial charge in [0.05, 0.1) is 18.6 Å². The maximum absolute atomic E-state index is 15.9. The Kier molecular flexibility index (Phi) is 37.8. The lowest BCUT2D eigenvalue weighted by atomic mass is 9.97. The molecule has 0 saturated carbocycles. The van der Waals surface area contributed by atoms with Gasteiger partial charge in [0, 0.05) is 113 Å². The van der Waals surface area contributed by atoms with E-state index in [-0.39, 0.29) is 109 Å². The van der Waals surface area contributed by atoms with Crippen LogP contribution in [0.25, 0.3) is 21.8 Å². The van der Waals surface area contributed by atoms with Crippen LogP contribution in [0.4, 0.5) is 0 Å². The summed E-state index contributed by atoms with van der Waals surface area (Å²) in [5, 5.41) is 57.1. The first-order valence-electron chi connectivity index (χ1n) is 45.3. The molecule has 21 N–H and O–H groups in total. The van der Waals surface area contributed by atoms with Crippen molar-refractivity contribution in [1.82, 2.24) is 81.9 Å². The van der Waals surface area contributed by atoms with E-state index in [1.54, 1.807) is 66.9 Å². The highest BCUT2D eigenvalue weighted by molar-refractivity contribution is 6.02. The maximum atomic E-state index is 15.9. The summed E-state index contributed by atoms with van der Waals surface area (Å²) in [6, 6.07) is 0.0171. The molecule has 0 unspecified atom stereocenters. The quantitative estimate of drug-likeness (QED) is 0.0357. The number of primary amides is 1. The van der Waals surface area contributed by atoms with Crippen LogP contribution < -0.4 is 70.8 Å². The number of H-pyrrole nitrogens is 1. The third-order valence-electron chi connectivity index (χ3n) is 24.7. The van der Waals surface area contributed by atoms with E-state index in [4.69, 9.17) is 22.9 Å². The van der Waals surface area contributed by atoms with Crippen LogP contribution in [-0.4, -0.2) is 294 Å². The number of nitrogens with one attached hydrogen (secondary N) is 10. The SMILES string of the molecule is CCCC[C@H]1C(=O)N(C)[C@@H](CCCC)C(=O)N[C@@H](CC(C)C)C(=O)NCCC[C@H](N)C(=O)N[C@@H](Cc2ccc(C)cc2)C(=O)N2CCCC[C@H]2C(=O)N[C@@H](CC(N)=O)C(=O)N2CCC[C@H]2C(=O)N[C@@H](CN)C(=O)N[C@@H](CCC(=O)O)C(=O)N2C[C@H](O)C[C@H]2C(=O)N[C@@H](Cc2c[nH]c3ccccc23)C(=O)N[C@@H](CCN)C(=O)N[C@@H](Cc2cn(CC(=O)O)c3ccccc23)C(=O)N1C. The van der Waals surface area contributed by atoms with Gasteiger partial charge >= 0.3 is 11.9 Å². The fourth-order valence-corrected chi connectivity index (χ4v) is 17.6. The molecule has 0 spiro atoms. The number of para-hydroxylation sites is 2. The molecule has 4 saturated heterocycles. The van der Waals surface area contributed by atoms with Gasteiger partial charge in [0.2, 0.25) is 88.6 Å². The molecule has 4 fully saturated rings. The number of rotatable bonds is 24. The molecule has 4 aliphatic heterocycles. The molecule has 714 valence electrons. The first-order valence-corrected chi connectivity index (χ1v) is 45.3. The van der Waals surface area contributed by atoms with Gasteiger partial charge < -0.3 is 120 Å². The summed E-state index contributed by atoms with van der Waals surface area (Å²) in [5.74, 6) is -16.2. The number of likely N-dealkylation sites (N-methyl/N-ethyl adjacent to an activating group) is 2. The van der Waals surface area contributed by atoms with E-state index in [1.165, 1.54) is 39.6 Å². The molecule has 0 radical (unpaired) electrons. The van der Waals surface area contributed by atoms with Gasteiger partial charge in [-0.25, -0.2) is 0 Å². The molecular formula is C91H130N20O20. The lowest BCUT2D eigenvalue weighted by molar-refractivity contribution is -0.149. The number of aryl methyl sites for hydroxylation is 1. The molecule has 3 aromatic carbocycles. The molecule has 15 atom stereocenters. The minimum Gasteiger partial charge on any atom is -0.481 e. The topological polar surface area (TPSA) is 600 Å². The number of carbonyl (C=O) groups excluding carboxylic acids is 15. The summed E-state index contributed by atoms with van der Waals surface area (Å²) in [5.41, 5.74) is 28.2. The van der Waals surface area contributed by atoms with Gasteiger partial charge in [-0.05, 0) is 125 Å². The number of aliphatic hydroxyl groups excluding tert-OH is 1. The van der Waals surface area contributed by atoms with E-state index in [9.17, 15) is 58.5 Å². The molecular weight excluding hydrogens is 1690 g/mol. The standard InChI is InChI=1S/C91H130N20O20/c1-8-10-24-70-83(123)100-63(40-51(3)4)79(119)96-37-18-22-59(94)78(118)102-65(41-53-31-29-52(5)30-32-53)89(129)109-38-17-16-27-71(109)84(124)104-67(45-75(95)113)90(130)110-39-19-28-72(110)85(125)105-68(46-93)82(122)99-62(33-34-76(114)115)88(128)111-49-56(112)44-74(111)86(126)101-64(42-54-47-97-60-23-14-12-20-57(54)60)81(121)98-61(35-36-92)80(120)103-66(87(127)107(7)73(25-11-9-2)91(131)106(70)6)43-55-48-108(50-77(116)117)69-26-15-13-21-58(55)69/h12-15,20-21,23,26,29-32,47-48,51,56,59,61-68,70-74,97,112H,8-11,16-19,22,24-25,27-28,33-46,49-50,92-94H2,1-7H3,(H2,95,113)(H,96,119)(H,98,121)(H,99,122)(H,100,123)(H,101,126)(H,102,118)(H,103,120)(H,104,124)(H,105,125)(H,114,115)(H,116,117)/t56-,59+,61+,62+,63+,64+,65+,66+,67+,68+,70+,71+,72+,73+,74+/m1/s1. The zero-order valence-corrected chi connectivity index (χ0v) is 75.6. The highest BCUT2D eigenvalue weighted by Crippen LogP contribution is 2.29. The fourth-order valence-electron chi connectivity index (χ4n) is 17.6. The van der Waals surface area contributed by atoms with Crippen LogP contribution in [0.2, 0.25) is 0 Å². The minimum absolute atomic E-state index is 0.00692. The number of piperidine rings is 1. The number of aromatic amines is 1. The fraction of sp³-hybridized carbons (Fsp3) is 0.571. The number of hydrogen-bond acceptors (Lipinski definition) is 21. The molecule has 5 aromatic rings. The Morgan fingerprint density at radius 1 is 0.504 bits per heavy atom. The van der Waals surface area contributed by atoms with Crippen LogP contribution in [0.5, 0.6) is 0 Å². The molecule has 40 heteroatoms. The van der Waals surface area contributed by atoms with Gasteiger partial charge in [-0.1, -0.05) is 120 Å². The lowest BCUT2D eigenvalue weighted by Crippen LogP contribution is -2.62. The van der Waals surface area contributed by atoms with Gasteiger partial charge in [-0.2, -0.15) is 0 Å². The van der Waals surface area contributed by atoms with Crippen LogP contribution in [0.1, 0.15) is 172 Å². The van der Waals surface area contributed by atoms with Gasteiger partial charge in [0.25, 0.3) is 0 Å². The number of amides is 15. The minimum atomic E-state index is -1.82. The summed E-state index contributed by atoms with van der Waals surface area (Å²) < 4.78 is 1.45.